The van der Waals surface area contributed by atoms with E-state index in [0.29, 0.717) is 24.8 Å². The molecule has 1 saturated heterocycles. The Morgan fingerprint density at radius 1 is 1.52 bits per heavy atom. The van der Waals surface area contributed by atoms with Crippen molar-refractivity contribution in [2.75, 3.05) is 13.1 Å². The van der Waals surface area contributed by atoms with Gasteiger partial charge in [-0.15, -0.1) is 11.3 Å². The fourth-order valence-electron chi connectivity index (χ4n) is 3.04. The third-order valence-electron chi connectivity index (χ3n) is 4.45. The molecule has 124 valence electrons. The van der Waals surface area contributed by atoms with Crippen molar-refractivity contribution >= 4 is 17.2 Å². The van der Waals surface area contributed by atoms with Crippen LogP contribution in [0.1, 0.15) is 31.9 Å². The molecule has 0 saturated carbocycles. The average molecular weight is 333 g/mol. The molecule has 1 atom stereocenters. The van der Waals surface area contributed by atoms with E-state index in [-0.39, 0.29) is 5.91 Å². The van der Waals surface area contributed by atoms with E-state index >= 15 is 0 Å². The first-order chi connectivity index (χ1) is 11.2. The van der Waals surface area contributed by atoms with Gasteiger partial charge in [0.15, 0.2) is 10.8 Å². The van der Waals surface area contributed by atoms with Gasteiger partial charge in [0.1, 0.15) is 0 Å². The summed E-state index contributed by atoms with van der Waals surface area (Å²) >= 11 is 1.53. The third-order valence-corrected chi connectivity index (χ3v) is 5.35. The number of nitrogens with one attached hydrogen (secondary N) is 2. The fourth-order valence-corrected chi connectivity index (χ4v) is 3.82. The molecule has 23 heavy (non-hydrogen) atoms. The smallest absolute Gasteiger partial charge is 0.220 e. The summed E-state index contributed by atoms with van der Waals surface area (Å²) in [5.41, 5.74) is 0.879. The minimum absolute atomic E-state index is 0.114. The molecule has 1 fully saturated rings. The second kappa shape index (κ2) is 7.75. The Hall–Kier alpha value is -1.66. The van der Waals surface area contributed by atoms with E-state index in [1.54, 1.807) is 6.26 Å². The van der Waals surface area contributed by atoms with E-state index in [9.17, 15) is 4.79 Å². The van der Waals surface area contributed by atoms with Crippen molar-refractivity contribution in [3.8, 4) is 10.8 Å². The highest BCUT2D eigenvalue weighted by molar-refractivity contribution is 7.13. The zero-order valence-electron chi connectivity index (χ0n) is 13.4. The lowest BCUT2D eigenvalue weighted by molar-refractivity contribution is -0.122. The highest BCUT2D eigenvalue weighted by Gasteiger charge is 2.22. The summed E-state index contributed by atoms with van der Waals surface area (Å²) in [6.45, 7) is 4.82. The lowest BCUT2D eigenvalue weighted by Crippen LogP contribution is -2.33. The first-order valence-corrected chi connectivity index (χ1v) is 9.06. The van der Waals surface area contributed by atoms with E-state index in [4.69, 9.17) is 4.42 Å². The lowest BCUT2D eigenvalue weighted by atomic mass is 9.84. The molecule has 2 aromatic rings. The maximum atomic E-state index is 12.1. The molecule has 0 aliphatic carbocycles. The summed E-state index contributed by atoms with van der Waals surface area (Å²) in [7, 11) is 0. The van der Waals surface area contributed by atoms with Crippen molar-refractivity contribution < 1.29 is 9.21 Å². The van der Waals surface area contributed by atoms with E-state index in [1.807, 2.05) is 17.5 Å². The monoisotopic (exact) mass is 333 g/mol. The van der Waals surface area contributed by atoms with Crippen LogP contribution < -0.4 is 10.6 Å². The number of nitrogens with zero attached hydrogens (tertiary/aromatic N) is 1. The van der Waals surface area contributed by atoms with Crippen LogP contribution in [-0.2, 0) is 11.3 Å². The number of furan rings is 1. The average Bonchev–Trinajstić information content (AvgIpc) is 3.25. The van der Waals surface area contributed by atoms with Crippen LogP contribution >= 0.6 is 11.3 Å². The van der Waals surface area contributed by atoms with Gasteiger partial charge >= 0.3 is 0 Å². The Labute approximate surface area is 140 Å². The molecule has 0 aromatic carbocycles. The zero-order chi connectivity index (χ0) is 16.1. The molecular formula is C17H23N3O2S. The number of rotatable bonds is 6. The number of thiazole rings is 1. The molecule has 1 aliphatic rings. The number of carbonyl (C=O) groups is 1. The number of aromatic nitrogens is 1. The number of hydrogen-bond acceptors (Lipinski definition) is 5. The summed E-state index contributed by atoms with van der Waals surface area (Å²) in [6.07, 6.45) is 4.58. The second-order valence-electron chi connectivity index (χ2n) is 6.17. The Kier molecular flexibility index (Phi) is 5.46. The van der Waals surface area contributed by atoms with Crippen molar-refractivity contribution in [2.45, 2.75) is 32.7 Å². The molecule has 1 amide bonds. The third kappa shape index (κ3) is 4.42. The van der Waals surface area contributed by atoms with Crippen LogP contribution in [0.5, 0.6) is 0 Å². The summed E-state index contributed by atoms with van der Waals surface area (Å²) in [5.74, 6) is 1.98. The zero-order valence-corrected chi connectivity index (χ0v) is 14.2. The van der Waals surface area contributed by atoms with Gasteiger partial charge in [0.25, 0.3) is 0 Å². The van der Waals surface area contributed by atoms with Gasteiger partial charge in [-0.3, -0.25) is 4.79 Å². The van der Waals surface area contributed by atoms with Gasteiger partial charge in [-0.1, -0.05) is 6.92 Å². The van der Waals surface area contributed by atoms with Crippen LogP contribution in [0.25, 0.3) is 10.8 Å². The Bertz CT molecular complexity index is 618. The molecule has 5 nitrogen and oxygen atoms in total. The van der Waals surface area contributed by atoms with Crippen molar-refractivity contribution in [1.82, 2.24) is 15.6 Å². The molecular weight excluding hydrogens is 310 g/mol. The molecule has 1 unspecified atom stereocenters. The largest absolute Gasteiger partial charge is 0.462 e. The Balaban J connectivity index is 1.45. The summed E-state index contributed by atoms with van der Waals surface area (Å²) < 4.78 is 5.33. The highest BCUT2D eigenvalue weighted by Crippen LogP contribution is 2.25. The highest BCUT2D eigenvalue weighted by atomic mass is 32.1. The topological polar surface area (TPSA) is 67.2 Å². The van der Waals surface area contributed by atoms with Gasteiger partial charge in [0.05, 0.1) is 18.5 Å². The number of carbonyl (C=O) groups excluding carboxylic acids is 1. The standard InChI is InChI=1S/C17H23N3O2S/c1-12(13-4-6-18-7-5-13)9-16(21)19-10-14-11-23-17(20-14)15-3-2-8-22-15/h2-3,8,11-13,18H,4-7,9-10H2,1H3,(H,19,21). The molecule has 0 radical (unpaired) electrons. The molecule has 0 bridgehead atoms. The molecule has 2 N–H and O–H groups in total. The Morgan fingerprint density at radius 2 is 2.35 bits per heavy atom. The van der Waals surface area contributed by atoms with Crippen molar-refractivity contribution in [3.05, 3.63) is 29.5 Å². The summed E-state index contributed by atoms with van der Waals surface area (Å²) in [6, 6.07) is 3.74. The second-order valence-corrected chi connectivity index (χ2v) is 7.02. The van der Waals surface area contributed by atoms with Crippen LogP contribution in [0, 0.1) is 11.8 Å². The van der Waals surface area contributed by atoms with Crippen molar-refractivity contribution in [1.29, 1.82) is 0 Å². The molecule has 2 aromatic heterocycles. The maximum absolute atomic E-state index is 12.1. The van der Waals surface area contributed by atoms with Crippen LogP contribution in [0.15, 0.2) is 28.2 Å². The van der Waals surface area contributed by atoms with E-state index in [1.165, 1.54) is 24.2 Å². The van der Waals surface area contributed by atoms with Gasteiger partial charge in [0, 0.05) is 11.8 Å². The normalized spacial score (nSPS) is 17.1. The van der Waals surface area contributed by atoms with Gasteiger partial charge in [-0.2, -0.15) is 0 Å². The summed E-state index contributed by atoms with van der Waals surface area (Å²) in [4.78, 5) is 16.6. The van der Waals surface area contributed by atoms with Gasteiger partial charge in [-0.05, 0) is 49.9 Å². The molecule has 1 aliphatic heterocycles. The maximum Gasteiger partial charge on any atom is 0.220 e. The number of amides is 1. The van der Waals surface area contributed by atoms with Crippen LogP contribution in [0.2, 0.25) is 0 Å². The van der Waals surface area contributed by atoms with E-state index < -0.39 is 0 Å². The number of piperidine rings is 1. The molecule has 3 heterocycles. The first kappa shape index (κ1) is 16.2. The van der Waals surface area contributed by atoms with Crippen LogP contribution in [0.3, 0.4) is 0 Å². The lowest BCUT2D eigenvalue weighted by Gasteiger charge is -2.27. The van der Waals surface area contributed by atoms with E-state index in [2.05, 4.69) is 22.5 Å². The summed E-state index contributed by atoms with van der Waals surface area (Å²) in [5, 5.41) is 9.17. The Morgan fingerprint density at radius 3 is 3.09 bits per heavy atom. The van der Waals surface area contributed by atoms with Crippen LogP contribution in [0.4, 0.5) is 0 Å². The fraction of sp³-hybridized carbons (Fsp3) is 0.529. The van der Waals surface area contributed by atoms with Crippen LogP contribution in [-0.4, -0.2) is 24.0 Å². The molecule has 6 heteroatoms. The molecule has 3 rings (SSSR count). The quantitative estimate of drug-likeness (QED) is 0.853. The van der Waals surface area contributed by atoms with E-state index in [0.717, 1.165) is 29.6 Å². The minimum Gasteiger partial charge on any atom is -0.462 e. The van der Waals surface area contributed by atoms with Crippen molar-refractivity contribution in [2.24, 2.45) is 11.8 Å². The first-order valence-electron chi connectivity index (χ1n) is 8.18. The predicted molar refractivity (Wildman–Crippen MR) is 91.0 cm³/mol. The van der Waals surface area contributed by atoms with Crippen molar-refractivity contribution in [3.63, 3.8) is 0 Å². The van der Waals surface area contributed by atoms with Gasteiger partial charge in [-0.25, -0.2) is 4.98 Å². The minimum atomic E-state index is 0.114. The molecule has 0 spiro atoms. The van der Waals surface area contributed by atoms with Gasteiger partial charge < -0.3 is 15.1 Å². The predicted octanol–water partition coefficient (Wildman–Crippen LogP) is 3.05. The number of hydrogen-bond donors (Lipinski definition) is 2. The SMILES string of the molecule is CC(CC(=O)NCc1csc(-c2ccco2)n1)C1CCNCC1. The van der Waals surface area contributed by atoms with Gasteiger partial charge in [0.2, 0.25) is 5.91 Å².